The second-order valence-corrected chi connectivity index (χ2v) is 5.21. The molecule has 1 aromatic carbocycles. The average Bonchev–Trinajstić information content (AvgIpc) is 3.10. The number of H-pyrrole nitrogens is 1. The summed E-state index contributed by atoms with van der Waals surface area (Å²) in [5.41, 5.74) is 3.09. The molecule has 0 spiro atoms. The van der Waals surface area contributed by atoms with Crippen molar-refractivity contribution in [2.24, 2.45) is 0 Å². The summed E-state index contributed by atoms with van der Waals surface area (Å²) in [5, 5.41) is 3.10. The highest BCUT2D eigenvalue weighted by Gasteiger charge is 2.05. The lowest BCUT2D eigenvalue weighted by atomic mass is 10.2. The third-order valence-electron chi connectivity index (χ3n) is 3.53. The van der Waals surface area contributed by atoms with Crippen LogP contribution in [0.15, 0.2) is 55.0 Å². The Bertz CT molecular complexity index is 722. The predicted octanol–water partition coefficient (Wildman–Crippen LogP) is 3.13. The summed E-state index contributed by atoms with van der Waals surface area (Å²) >= 11 is 0. The fourth-order valence-corrected chi connectivity index (χ4v) is 2.29. The zero-order chi connectivity index (χ0) is 15.9. The molecule has 0 atom stereocenters. The van der Waals surface area contributed by atoms with E-state index >= 15 is 0 Å². The highest BCUT2D eigenvalue weighted by molar-refractivity contribution is 5.64. The number of hydrogen-bond donors (Lipinski definition) is 2. The van der Waals surface area contributed by atoms with Crippen molar-refractivity contribution in [3.8, 4) is 28.4 Å². The molecule has 0 unspecified atom stereocenters. The first-order chi connectivity index (χ1) is 11.4. The maximum absolute atomic E-state index is 5.70. The number of nitrogens with one attached hydrogen (secondary N) is 2. The van der Waals surface area contributed by atoms with E-state index < -0.39 is 0 Å². The molecule has 2 aromatic heterocycles. The fourth-order valence-electron chi connectivity index (χ4n) is 2.29. The van der Waals surface area contributed by atoms with Gasteiger partial charge in [0.25, 0.3) is 0 Å². The van der Waals surface area contributed by atoms with Crippen LogP contribution in [0.25, 0.3) is 22.6 Å². The average molecular weight is 308 g/mol. The van der Waals surface area contributed by atoms with Gasteiger partial charge in [-0.05, 0) is 56.4 Å². The van der Waals surface area contributed by atoms with Gasteiger partial charge in [0.05, 0.1) is 18.5 Å². The molecular formula is C18H20N4O. The summed E-state index contributed by atoms with van der Waals surface area (Å²) in [6.45, 7) is 1.68. The summed E-state index contributed by atoms with van der Waals surface area (Å²) in [5.74, 6) is 1.73. The molecule has 0 aliphatic heterocycles. The number of rotatable bonds is 7. The third-order valence-corrected chi connectivity index (χ3v) is 3.53. The number of aromatic nitrogens is 3. The Labute approximate surface area is 135 Å². The summed E-state index contributed by atoms with van der Waals surface area (Å²) in [6.07, 6.45) is 6.38. The van der Waals surface area contributed by atoms with Gasteiger partial charge in [-0.2, -0.15) is 0 Å². The van der Waals surface area contributed by atoms with Crippen LogP contribution >= 0.6 is 0 Å². The minimum absolute atomic E-state index is 0.715. The van der Waals surface area contributed by atoms with E-state index in [4.69, 9.17) is 4.74 Å². The van der Waals surface area contributed by atoms with E-state index in [9.17, 15) is 0 Å². The first-order valence-corrected chi connectivity index (χ1v) is 7.70. The van der Waals surface area contributed by atoms with Crippen molar-refractivity contribution in [2.45, 2.75) is 6.42 Å². The zero-order valence-corrected chi connectivity index (χ0v) is 13.1. The topological polar surface area (TPSA) is 62.8 Å². The van der Waals surface area contributed by atoms with Crippen LogP contribution in [0.3, 0.4) is 0 Å². The van der Waals surface area contributed by atoms with Crippen molar-refractivity contribution >= 4 is 0 Å². The minimum Gasteiger partial charge on any atom is -0.494 e. The molecular weight excluding hydrogens is 288 g/mol. The highest BCUT2D eigenvalue weighted by atomic mass is 16.5. The van der Waals surface area contributed by atoms with Crippen LogP contribution in [-0.2, 0) is 0 Å². The largest absolute Gasteiger partial charge is 0.494 e. The minimum atomic E-state index is 0.715. The number of benzene rings is 1. The zero-order valence-electron chi connectivity index (χ0n) is 13.1. The molecule has 0 amide bonds. The van der Waals surface area contributed by atoms with Crippen LogP contribution in [0.2, 0.25) is 0 Å². The lowest BCUT2D eigenvalue weighted by molar-refractivity contribution is 0.310. The van der Waals surface area contributed by atoms with E-state index in [1.54, 1.807) is 12.4 Å². The van der Waals surface area contributed by atoms with Crippen LogP contribution in [0.1, 0.15) is 6.42 Å². The third kappa shape index (κ3) is 3.96. The van der Waals surface area contributed by atoms with Gasteiger partial charge in [-0.3, -0.25) is 4.98 Å². The second-order valence-electron chi connectivity index (χ2n) is 5.21. The van der Waals surface area contributed by atoms with Gasteiger partial charge >= 0.3 is 0 Å². The molecule has 0 fully saturated rings. The van der Waals surface area contributed by atoms with E-state index in [-0.39, 0.29) is 0 Å². The molecule has 0 aliphatic carbocycles. The summed E-state index contributed by atoms with van der Waals surface area (Å²) in [7, 11) is 1.94. The van der Waals surface area contributed by atoms with E-state index in [2.05, 4.69) is 20.3 Å². The number of hydrogen-bond acceptors (Lipinski definition) is 4. The van der Waals surface area contributed by atoms with Crippen LogP contribution in [0.4, 0.5) is 0 Å². The smallest absolute Gasteiger partial charge is 0.137 e. The Morgan fingerprint density at radius 2 is 1.83 bits per heavy atom. The molecule has 0 saturated carbocycles. The first kappa shape index (κ1) is 15.2. The Morgan fingerprint density at radius 3 is 2.57 bits per heavy atom. The predicted molar refractivity (Wildman–Crippen MR) is 91.3 cm³/mol. The van der Waals surface area contributed by atoms with Crippen LogP contribution in [-0.4, -0.2) is 35.2 Å². The Hall–Kier alpha value is -2.66. The number of aromatic amines is 1. The molecule has 0 bridgehead atoms. The molecule has 23 heavy (non-hydrogen) atoms. The SMILES string of the molecule is CNCCCOc1ccc(-c2ncc(-c3ccncc3)[nH]2)cc1. The summed E-state index contributed by atoms with van der Waals surface area (Å²) < 4.78 is 5.70. The van der Waals surface area contributed by atoms with Gasteiger partial charge in [-0.1, -0.05) is 0 Å². The van der Waals surface area contributed by atoms with E-state index in [1.165, 1.54) is 0 Å². The highest BCUT2D eigenvalue weighted by Crippen LogP contribution is 2.23. The Kier molecular flexibility index (Phi) is 5.01. The molecule has 5 nitrogen and oxygen atoms in total. The number of nitrogens with zero attached hydrogens (tertiary/aromatic N) is 2. The van der Waals surface area contributed by atoms with E-state index in [0.29, 0.717) is 6.61 Å². The van der Waals surface area contributed by atoms with Crippen molar-refractivity contribution in [3.05, 3.63) is 55.0 Å². The summed E-state index contributed by atoms with van der Waals surface area (Å²) in [6, 6.07) is 11.9. The van der Waals surface area contributed by atoms with Crippen molar-refractivity contribution in [1.82, 2.24) is 20.3 Å². The van der Waals surface area contributed by atoms with Gasteiger partial charge < -0.3 is 15.0 Å². The molecule has 2 heterocycles. The van der Waals surface area contributed by atoms with Gasteiger partial charge in [0.1, 0.15) is 11.6 Å². The lowest BCUT2D eigenvalue weighted by Crippen LogP contribution is -2.11. The van der Waals surface area contributed by atoms with Crippen molar-refractivity contribution in [3.63, 3.8) is 0 Å². The molecule has 0 radical (unpaired) electrons. The van der Waals surface area contributed by atoms with Gasteiger partial charge in [-0.15, -0.1) is 0 Å². The van der Waals surface area contributed by atoms with Gasteiger partial charge in [0, 0.05) is 23.5 Å². The van der Waals surface area contributed by atoms with E-state index in [0.717, 1.165) is 41.4 Å². The summed E-state index contributed by atoms with van der Waals surface area (Å²) in [4.78, 5) is 11.8. The normalized spacial score (nSPS) is 10.7. The van der Waals surface area contributed by atoms with Crippen molar-refractivity contribution in [1.29, 1.82) is 0 Å². The van der Waals surface area contributed by atoms with Gasteiger partial charge in [-0.25, -0.2) is 4.98 Å². The molecule has 2 N–H and O–H groups in total. The van der Waals surface area contributed by atoms with Crippen molar-refractivity contribution in [2.75, 3.05) is 20.2 Å². The molecule has 3 rings (SSSR count). The number of ether oxygens (including phenoxy) is 1. The molecule has 0 aliphatic rings. The lowest BCUT2D eigenvalue weighted by Gasteiger charge is -2.06. The van der Waals surface area contributed by atoms with Crippen LogP contribution in [0.5, 0.6) is 5.75 Å². The number of imidazole rings is 1. The molecule has 5 heteroatoms. The van der Waals surface area contributed by atoms with Gasteiger partial charge in [0.2, 0.25) is 0 Å². The molecule has 0 saturated heterocycles. The van der Waals surface area contributed by atoms with Crippen LogP contribution in [0, 0.1) is 0 Å². The molecule has 3 aromatic rings. The monoisotopic (exact) mass is 308 g/mol. The van der Waals surface area contributed by atoms with Crippen LogP contribution < -0.4 is 10.1 Å². The fraction of sp³-hybridized carbons (Fsp3) is 0.222. The van der Waals surface area contributed by atoms with E-state index in [1.807, 2.05) is 49.6 Å². The first-order valence-electron chi connectivity index (χ1n) is 7.70. The Morgan fingerprint density at radius 1 is 1.04 bits per heavy atom. The quantitative estimate of drug-likeness (QED) is 0.658. The Balaban J connectivity index is 1.67. The standard InChI is InChI=1S/C18H20N4O/c1-19-9-2-12-23-16-5-3-15(4-6-16)18-21-13-17(22-18)14-7-10-20-11-8-14/h3-8,10-11,13,19H,2,9,12H2,1H3,(H,21,22). The number of pyridine rings is 1. The maximum atomic E-state index is 5.70. The molecule has 118 valence electrons. The van der Waals surface area contributed by atoms with Crippen molar-refractivity contribution < 1.29 is 4.74 Å². The maximum Gasteiger partial charge on any atom is 0.137 e. The second kappa shape index (κ2) is 7.56. The van der Waals surface area contributed by atoms with Gasteiger partial charge in [0.15, 0.2) is 0 Å².